The number of anilines is 2. The van der Waals surface area contributed by atoms with Gasteiger partial charge in [-0.2, -0.15) is 0 Å². The molecule has 35 heavy (non-hydrogen) atoms. The van der Waals surface area contributed by atoms with Crippen molar-refractivity contribution in [2.45, 2.75) is 31.8 Å². The molecule has 1 atom stereocenters. The number of fused-ring (bicyclic) bond motifs is 1. The summed E-state index contributed by atoms with van der Waals surface area (Å²) >= 11 is 0. The van der Waals surface area contributed by atoms with Crippen LogP contribution in [0.15, 0.2) is 78.9 Å². The van der Waals surface area contributed by atoms with E-state index in [9.17, 15) is 19.5 Å². The summed E-state index contributed by atoms with van der Waals surface area (Å²) < 4.78 is 0. The summed E-state index contributed by atoms with van der Waals surface area (Å²) in [5.41, 5.74) is 4.17. The molecule has 4 rings (SSSR count). The van der Waals surface area contributed by atoms with E-state index < -0.39 is 5.97 Å². The maximum Gasteiger partial charge on any atom is 0.322 e. The number of hydrogen-bond donors (Lipinski definition) is 4. The topological polar surface area (TPSA) is 111 Å². The third-order valence-electron chi connectivity index (χ3n) is 6.00. The highest BCUT2D eigenvalue weighted by Gasteiger charge is 2.26. The molecule has 0 aromatic heterocycles. The fraction of sp³-hybridized carbons (Fsp3) is 0.222. The standard InChI is InChI=1S/C27H28N4O4/c32-25(33)16-20-14-15-31(18-21-8-4-5-9-24(20)21)27(35)30-23-12-10-22(11-13-23)29-26(34)28-17-19-6-2-1-3-7-19/h1-13,20H,14-18H2,(H,30,35)(H,32,33)(H2,28,29,34). The molecular weight excluding hydrogens is 444 g/mol. The van der Waals surface area contributed by atoms with Crippen LogP contribution in [0.4, 0.5) is 21.0 Å². The van der Waals surface area contributed by atoms with Crippen LogP contribution in [0.5, 0.6) is 0 Å². The summed E-state index contributed by atoms with van der Waals surface area (Å²) in [5.74, 6) is -0.968. The molecule has 0 spiro atoms. The first-order valence-electron chi connectivity index (χ1n) is 11.5. The van der Waals surface area contributed by atoms with E-state index in [1.165, 1.54) is 0 Å². The number of hydrogen-bond acceptors (Lipinski definition) is 3. The maximum absolute atomic E-state index is 13.0. The van der Waals surface area contributed by atoms with Crippen LogP contribution < -0.4 is 16.0 Å². The zero-order valence-corrected chi connectivity index (χ0v) is 19.2. The highest BCUT2D eigenvalue weighted by Crippen LogP contribution is 2.31. The van der Waals surface area contributed by atoms with Crippen LogP contribution in [0.25, 0.3) is 0 Å². The summed E-state index contributed by atoms with van der Waals surface area (Å²) in [5, 5.41) is 17.8. The van der Waals surface area contributed by atoms with Gasteiger partial charge in [-0.05, 0) is 53.3 Å². The van der Waals surface area contributed by atoms with Crippen LogP contribution in [-0.2, 0) is 17.9 Å². The van der Waals surface area contributed by atoms with E-state index in [2.05, 4.69) is 16.0 Å². The molecule has 0 radical (unpaired) electrons. The number of nitrogens with one attached hydrogen (secondary N) is 3. The van der Waals surface area contributed by atoms with Crippen LogP contribution in [-0.4, -0.2) is 34.6 Å². The van der Waals surface area contributed by atoms with Crippen molar-refractivity contribution in [3.63, 3.8) is 0 Å². The number of urea groups is 2. The fourth-order valence-corrected chi connectivity index (χ4v) is 4.22. The lowest BCUT2D eigenvalue weighted by atomic mass is 9.90. The molecule has 3 aromatic carbocycles. The number of carboxylic acid groups (broad SMARTS) is 1. The van der Waals surface area contributed by atoms with Gasteiger partial charge in [-0.3, -0.25) is 4.79 Å². The second-order valence-electron chi connectivity index (χ2n) is 8.50. The van der Waals surface area contributed by atoms with Gasteiger partial charge in [0.2, 0.25) is 0 Å². The van der Waals surface area contributed by atoms with E-state index in [-0.39, 0.29) is 24.4 Å². The van der Waals surface area contributed by atoms with Gasteiger partial charge < -0.3 is 26.0 Å². The molecule has 8 heteroatoms. The van der Waals surface area contributed by atoms with Gasteiger partial charge in [0.05, 0.1) is 6.42 Å². The van der Waals surface area contributed by atoms with Gasteiger partial charge in [-0.1, -0.05) is 54.6 Å². The Bertz CT molecular complexity index is 1180. The lowest BCUT2D eigenvalue weighted by Gasteiger charge is -2.21. The molecule has 0 aliphatic carbocycles. The van der Waals surface area contributed by atoms with Crippen LogP contribution in [0.1, 0.15) is 35.4 Å². The second kappa shape index (κ2) is 11.2. The molecule has 1 aliphatic heterocycles. The number of amides is 4. The van der Waals surface area contributed by atoms with Gasteiger partial charge in [-0.25, -0.2) is 9.59 Å². The zero-order chi connectivity index (χ0) is 24.6. The molecule has 180 valence electrons. The predicted octanol–water partition coefficient (Wildman–Crippen LogP) is 5.00. The predicted molar refractivity (Wildman–Crippen MR) is 134 cm³/mol. The average Bonchev–Trinajstić information content (AvgIpc) is 3.04. The lowest BCUT2D eigenvalue weighted by molar-refractivity contribution is -0.137. The maximum atomic E-state index is 13.0. The van der Waals surface area contributed by atoms with E-state index in [0.29, 0.717) is 37.4 Å². The zero-order valence-electron chi connectivity index (χ0n) is 19.2. The van der Waals surface area contributed by atoms with Crippen molar-refractivity contribution in [3.8, 4) is 0 Å². The van der Waals surface area contributed by atoms with Crippen molar-refractivity contribution in [3.05, 3.63) is 95.6 Å². The van der Waals surface area contributed by atoms with Crippen molar-refractivity contribution in [1.82, 2.24) is 10.2 Å². The van der Waals surface area contributed by atoms with E-state index >= 15 is 0 Å². The molecule has 1 unspecified atom stereocenters. The van der Waals surface area contributed by atoms with E-state index in [4.69, 9.17) is 0 Å². The van der Waals surface area contributed by atoms with Crippen LogP contribution in [0.3, 0.4) is 0 Å². The normalized spacial score (nSPS) is 14.9. The van der Waals surface area contributed by atoms with Crippen molar-refractivity contribution >= 4 is 29.4 Å². The Kier molecular flexibility index (Phi) is 7.62. The smallest absolute Gasteiger partial charge is 0.322 e. The average molecular weight is 473 g/mol. The Balaban J connectivity index is 1.32. The summed E-state index contributed by atoms with van der Waals surface area (Å²) in [6, 6.07) is 23.7. The molecule has 0 bridgehead atoms. The Morgan fingerprint density at radius 2 is 1.51 bits per heavy atom. The quantitative estimate of drug-likeness (QED) is 0.404. The van der Waals surface area contributed by atoms with Gasteiger partial charge >= 0.3 is 18.0 Å². The number of carbonyl (C=O) groups excluding carboxylic acids is 2. The first-order valence-corrected chi connectivity index (χ1v) is 11.5. The third-order valence-corrected chi connectivity index (χ3v) is 6.00. The Hall–Kier alpha value is -4.33. The van der Waals surface area contributed by atoms with Gasteiger partial charge in [0, 0.05) is 31.0 Å². The van der Waals surface area contributed by atoms with Crippen molar-refractivity contribution in [1.29, 1.82) is 0 Å². The summed E-state index contributed by atoms with van der Waals surface area (Å²) in [4.78, 5) is 38.1. The number of rotatable bonds is 6. The number of benzene rings is 3. The van der Waals surface area contributed by atoms with Crippen LogP contribution in [0.2, 0.25) is 0 Å². The number of carbonyl (C=O) groups is 3. The summed E-state index contributed by atoms with van der Waals surface area (Å²) in [6.07, 6.45) is 0.623. The Labute approximate surface area is 204 Å². The molecule has 0 saturated carbocycles. The minimum atomic E-state index is -0.842. The highest BCUT2D eigenvalue weighted by atomic mass is 16.4. The second-order valence-corrected chi connectivity index (χ2v) is 8.50. The summed E-state index contributed by atoms with van der Waals surface area (Å²) in [6.45, 7) is 1.30. The van der Waals surface area contributed by atoms with Crippen molar-refractivity contribution in [2.75, 3.05) is 17.2 Å². The third kappa shape index (κ3) is 6.60. The van der Waals surface area contributed by atoms with E-state index in [1.807, 2.05) is 54.6 Å². The molecule has 1 heterocycles. The van der Waals surface area contributed by atoms with Crippen molar-refractivity contribution in [2.24, 2.45) is 0 Å². The first-order chi connectivity index (χ1) is 17.0. The van der Waals surface area contributed by atoms with Crippen LogP contribution in [0, 0.1) is 0 Å². The molecular formula is C27H28N4O4. The van der Waals surface area contributed by atoms with Crippen molar-refractivity contribution < 1.29 is 19.5 Å². The van der Waals surface area contributed by atoms with Gasteiger partial charge in [0.25, 0.3) is 0 Å². The largest absolute Gasteiger partial charge is 0.481 e. The number of nitrogens with zero attached hydrogens (tertiary/aromatic N) is 1. The Morgan fingerprint density at radius 1 is 0.857 bits per heavy atom. The molecule has 0 saturated heterocycles. The molecule has 8 nitrogen and oxygen atoms in total. The lowest BCUT2D eigenvalue weighted by Crippen LogP contribution is -2.34. The first kappa shape index (κ1) is 23.8. The van der Waals surface area contributed by atoms with E-state index in [1.54, 1.807) is 29.2 Å². The molecule has 1 aliphatic rings. The fourth-order valence-electron chi connectivity index (χ4n) is 4.22. The number of aliphatic carboxylic acids is 1. The van der Waals surface area contributed by atoms with Gasteiger partial charge in [0.1, 0.15) is 0 Å². The molecule has 3 aromatic rings. The van der Waals surface area contributed by atoms with Gasteiger partial charge in [-0.15, -0.1) is 0 Å². The van der Waals surface area contributed by atoms with Crippen LogP contribution >= 0.6 is 0 Å². The Morgan fingerprint density at radius 3 is 2.23 bits per heavy atom. The monoisotopic (exact) mass is 472 g/mol. The minimum Gasteiger partial charge on any atom is -0.481 e. The van der Waals surface area contributed by atoms with Gasteiger partial charge in [0.15, 0.2) is 0 Å². The minimum absolute atomic E-state index is 0.0415. The highest BCUT2D eigenvalue weighted by molar-refractivity contribution is 5.91. The molecule has 4 N–H and O–H groups in total. The SMILES string of the molecule is O=C(O)CC1CCN(C(=O)Nc2ccc(NC(=O)NCc3ccccc3)cc2)Cc2ccccc21. The number of carboxylic acids is 1. The molecule has 4 amide bonds. The summed E-state index contributed by atoms with van der Waals surface area (Å²) in [7, 11) is 0. The van der Waals surface area contributed by atoms with E-state index in [0.717, 1.165) is 16.7 Å². The molecule has 0 fully saturated rings.